The van der Waals surface area contributed by atoms with Crippen molar-refractivity contribution >= 4 is 11.9 Å². The van der Waals surface area contributed by atoms with Gasteiger partial charge in [0, 0.05) is 6.04 Å². The molecule has 22 heavy (non-hydrogen) atoms. The van der Waals surface area contributed by atoms with Crippen molar-refractivity contribution in [2.24, 2.45) is 11.8 Å². The number of benzene rings is 1. The fourth-order valence-electron chi connectivity index (χ4n) is 2.69. The summed E-state index contributed by atoms with van der Waals surface area (Å²) in [6.07, 6.45) is 4.73. The summed E-state index contributed by atoms with van der Waals surface area (Å²) in [6, 6.07) is 8.47. The van der Waals surface area contributed by atoms with Crippen molar-refractivity contribution in [1.82, 2.24) is 5.32 Å². The first-order valence-electron chi connectivity index (χ1n) is 7.64. The third-order valence-electron chi connectivity index (χ3n) is 4.15. The number of ether oxygens (including phenoxy) is 1. The molecule has 2 saturated carbocycles. The summed E-state index contributed by atoms with van der Waals surface area (Å²) >= 11 is 0. The van der Waals surface area contributed by atoms with Gasteiger partial charge in [0.2, 0.25) is 0 Å². The van der Waals surface area contributed by atoms with Crippen molar-refractivity contribution in [2.45, 2.75) is 31.7 Å². The maximum absolute atomic E-state index is 11.9. The Kier molecular flexibility index (Phi) is 4.10. The van der Waals surface area contributed by atoms with Gasteiger partial charge in [0.25, 0.3) is 5.91 Å². The summed E-state index contributed by atoms with van der Waals surface area (Å²) < 4.78 is 5.03. The van der Waals surface area contributed by atoms with Crippen LogP contribution in [0.25, 0.3) is 0 Å². The fraction of sp³-hybridized carbons (Fsp3) is 0.471. The largest absolute Gasteiger partial charge is 0.452 e. The Balaban J connectivity index is 1.49. The number of carbonyl (C=O) groups excluding carboxylic acids is 2. The molecule has 0 atom stereocenters. The number of nitrogens with zero attached hydrogens (tertiary/aromatic N) is 1. The molecule has 1 amide bonds. The van der Waals surface area contributed by atoms with E-state index in [0.717, 1.165) is 0 Å². The number of amides is 1. The molecule has 2 aliphatic carbocycles. The molecule has 5 heteroatoms. The minimum absolute atomic E-state index is 0.242. The van der Waals surface area contributed by atoms with Crippen LogP contribution in [-0.4, -0.2) is 24.5 Å². The van der Waals surface area contributed by atoms with Crippen molar-refractivity contribution in [2.75, 3.05) is 6.61 Å². The van der Waals surface area contributed by atoms with E-state index >= 15 is 0 Å². The topological polar surface area (TPSA) is 79.2 Å². The Bertz CT molecular complexity index is 615. The van der Waals surface area contributed by atoms with Crippen LogP contribution in [0.2, 0.25) is 0 Å². The summed E-state index contributed by atoms with van der Waals surface area (Å²) in [5, 5.41) is 11.8. The lowest BCUT2D eigenvalue weighted by Gasteiger charge is -2.17. The Hall–Kier alpha value is -2.35. The zero-order valence-electron chi connectivity index (χ0n) is 12.2. The number of nitrogens with one attached hydrogen (secondary N) is 1. The molecule has 0 bridgehead atoms. The van der Waals surface area contributed by atoms with Gasteiger partial charge in [-0.15, -0.1) is 0 Å². The first kappa shape index (κ1) is 14.6. The number of esters is 1. The standard InChI is InChI=1S/C17H18N2O3/c18-9-11-2-1-3-14(8-11)17(21)22-10-15(20)19-16(12-4-5-12)13-6-7-13/h1-3,8,12-13,16H,4-7,10H2,(H,19,20). The number of nitriles is 1. The van der Waals surface area contributed by atoms with Crippen molar-refractivity contribution in [3.63, 3.8) is 0 Å². The monoisotopic (exact) mass is 298 g/mol. The highest BCUT2D eigenvalue weighted by Gasteiger charge is 2.42. The highest BCUT2D eigenvalue weighted by atomic mass is 16.5. The second-order valence-corrected chi connectivity index (χ2v) is 6.04. The molecule has 3 rings (SSSR count). The molecule has 2 fully saturated rings. The maximum atomic E-state index is 11.9. The van der Waals surface area contributed by atoms with Crippen molar-refractivity contribution in [1.29, 1.82) is 5.26 Å². The van der Waals surface area contributed by atoms with Gasteiger partial charge < -0.3 is 10.1 Å². The van der Waals surface area contributed by atoms with Gasteiger partial charge in [0.05, 0.1) is 17.2 Å². The fourth-order valence-corrected chi connectivity index (χ4v) is 2.69. The minimum atomic E-state index is -0.582. The lowest BCUT2D eigenvalue weighted by Crippen LogP contribution is -2.40. The van der Waals surface area contributed by atoms with E-state index in [2.05, 4.69) is 5.32 Å². The molecule has 0 heterocycles. The first-order valence-corrected chi connectivity index (χ1v) is 7.64. The smallest absolute Gasteiger partial charge is 0.338 e. The lowest BCUT2D eigenvalue weighted by molar-refractivity contribution is -0.125. The molecule has 0 spiro atoms. The van der Waals surface area contributed by atoms with E-state index in [1.54, 1.807) is 18.2 Å². The van der Waals surface area contributed by atoms with Gasteiger partial charge >= 0.3 is 5.97 Å². The highest BCUT2D eigenvalue weighted by Crippen LogP contribution is 2.44. The van der Waals surface area contributed by atoms with E-state index in [4.69, 9.17) is 10.00 Å². The third kappa shape index (κ3) is 3.64. The molecule has 114 valence electrons. The van der Waals surface area contributed by atoms with E-state index in [1.807, 2.05) is 6.07 Å². The quantitative estimate of drug-likeness (QED) is 0.815. The van der Waals surface area contributed by atoms with E-state index in [9.17, 15) is 9.59 Å². The molecule has 0 aromatic heterocycles. The Morgan fingerprint density at radius 2 is 1.95 bits per heavy atom. The predicted octanol–water partition coefficient (Wildman–Crippen LogP) is 2.02. The van der Waals surface area contributed by atoms with Crippen LogP contribution in [0.15, 0.2) is 24.3 Å². The molecular formula is C17H18N2O3. The van der Waals surface area contributed by atoms with E-state index in [0.29, 0.717) is 17.4 Å². The zero-order valence-corrected chi connectivity index (χ0v) is 12.2. The molecule has 0 radical (unpaired) electrons. The lowest BCUT2D eigenvalue weighted by atomic mass is 10.1. The van der Waals surface area contributed by atoms with Gasteiger partial charge in [-0.05, 0) is 55.7 Å². The molecule has 1 aromatic rings. The van der Waals surface area contributed by atoms with Gasteiger partial charge in [-0.1, -0.05) is 6.07 Å². The van der Waals surface area contributed by atoms with Crippen LogP contribution in [-0.2, 0) is 9.53 Å². The Morgan fingerprint density at radius 3 is 2.55 bits per heavy atom. The molecule has 1 N–H and O–H groups in total. The Labute approximate surface area is 129 Å². The zero-order chi connectivity index (χ0) is 15.5. The molecular weight excluding hydrogens is 280 g/mol. The summed E-state index contributed by atoms with van der Waals surface area (Å²) in [5.41, 5.74) is 0.675. The second-order valence-electron chi connectivity index (χ2n) is 6.04. The Morgan fingerprint density at radius 1 is 1.27 bits per heavy atom. The second kappa shape index (κ2) is 6.18. The van der Waals surface area contributed by atoms with Crippen LogP contribution in [0, 0.1) is 23.2 Å². The third-order valence-corrected chi connectivity index (χ3v) is 4.15. The molecule has 0 unspecified atom stereocenters. The van der Waals surface area contributed by atoms with Crippen LogP contribution < -0.4 is 5.32 Å². The van der Waals surface area contributed by atoms with Gasteiger partial charge in [0.15, 0.2) is 6.61 Å². The average molecular weight is 298 g/mol. The summed E-state index contributed by atoms with van der Waals surface area (Å²) in [6.45, 7) is -0.272. The summed E-state index contributed by atoms with van der Waals surface area (Å²) in [7, 11) is 0. The van der Waals surface area contributed by atoms with Gasteiger partial charge in [-0.25, -0.2) is 4.79 Å². The number of hydrogen-bond donors (Lipinski definition) is 1. The summed E-state index contributed by atoms with van der Waals surface area (Å²) in [4.78, 5) is 23.8. The molecule has 5 nitrogen and oxygen atoms in total. The highest BCUT2D eigenvalue weighted by molar-refractivity contribution is 5.91. The number of carbonyl (C=O) groups is 2. The maximum Gasteiger partial charge on any atom is 0.338 e. The van der Waals surface area contributed by atoms with E-state index < -0.39 is 5.97 Å². The van der Waals surface area contributed by atoms with Crippen LogP contribution in [0.4, 0.5) is 0 Å². The van der Waals surface area contributed by atoms with Gasteiger partial charge in [-0.3, -0.25) is 4.79 Å². The normalized spacial score (nSPS) is 16.9. The average Bonchev–Trinajstić information content (AvgIpc) is 3.42. The number of hydrogen-bond acceptors (Lipinski definition) is 4. The molecule has 2 aliphatic rings. The van der Waals surface area contributed by atoms with Gasteiger partial charge in [0.1, 0.15) is 0 Å². The molecule has 0 aliphatic heterocycles. The number of rotatable bonds is 6. The van der Waals surface area contributed by atoms with Crippen LogP contribution in [0.3, 0.4) is 0 Å². The summed E-state index contributed by atoms with van der Waals surface area (Å²) in [5.74, 6) is 0.397. The predicted molar refractivity (Wildman–Crippen MR) is 78.8 cm³/mol. The molecule has 1 aromatic carbocycles. The van der Waals surface area contributed by atoms with E-state index in [-0.39, 0.29) is 24.1 Å². The van der Waals surface area contributed by atoms with Crippen LogP contribution in [0.1, 0.15) is 41.6 Å². The molecule has 0 saturated heterocycles. The van der Waals surface area contributed by atoms with Gasteiger partial charge in [-0.2, -0.15) is 5.26 Å². The van der Waals surface area contributed by atoms with Crippen molar-refractivity contribution < 1.29 is 14.3 Å². The van der Waals surface area contributed by atoms with Crippen molar-refractivity contribution in [3.8, 4) is 6.07 Å². The van der Waals surface area contributed by atoms with E-state index in [1.165, 1.54) is 31.7 Å². The van der Waals surface area contributed by atoms with Crippen LogP contribution in [0.5, 0.6) is 0 Å². The van der Waals surface area contributed by atoms with Crippen LogP contribution >= 0.6 is 0 Å². The SMILES string of the molecule is N#Cc1cccc(C(=O)OCC(=O)NC(C2CC2)C2CC2)c1. The van der Waals surface area contributed by atoms with Crippen molar-refractivity contribution in [3.05, 3.63) is 35.4 Å². The first-order chi connectivity index (χ1) is 10.7. The minimum Gasteiger partial charge on any atom is -0.452 e.